The van der Waals surface area contributed by atoms with Crippen LogP contribution in [-0.2, 0) is 11.2 Å². The van der Waals surface area contributed by atoms with Crippen molar-refractivity contribution in [2.45, 2.75) is 19.3 Å². The van der Waals surface area contributed by atoms with E-state index < -0.39 is 5.97 Å². The van der Waals surface area contributed by atoms with Crippen LogP contribution >= 0.6 is 0 Å². The van der Waals surface area contributed by atoms with Gasteiger partial charge >= 0.3 is 5.97 Å². The molecule has 1 fully saturated rings. The van der Waals surface area contributed by atoms with Crippen molar-refractivity contribution in [2.75, 3.05) is 20.2 Å². The Morgan fingerprint density at radius 1 is 1.04 bits per heavy atom. The van der Waals surface area contributed by atoms with Gasteiger partial charge in [0.15, 0.2) is 0 Å². The first kappa shape index (κ1) is 17.1. The number of aromatic nitrogens is 1. The molecule has 1 aromatic carbocycles. The zero-order chi connectivity index (χ0) is 17.6. The number of ether oxygens (including phenoxy) is 1. The molecule has 0 bridgehead atoms. The van der Waals surface area contributed by atoms with Crippen molar-refractivity contribution in [1.29, 1.82) is 0 Å². The molecular formula is C20H22N2O3. The molecule has 0 saturated carbocycles. The Hall–Kier alpha value is -2.69. The maximum absolute atomic E-state index is 12.6. The largest absolute Gasteiger partial charge is 0.464 e. The zero-order valence-electron chi connectivity index (χ0n) is 14.4. The van der Waals surface area contributed by atoms with Gasteiger partial charge in [0.05, 0.1) is 7.11 Å². The SMILES string of the molecule is COC(=O)c1cccc(C(=O)N2CCC(Cc3ccccc3)CC2)n1. The molecule has 1 amide bonds. The number of carbonyl (C=O) groups is 2. The van der Waals surface area contributed by atoms with Crippen molar-refractivity contribution in [3.8, 4) is 0 Å². The standard InChI is InChI=1S/C20H22N2O3/c1-25-20(24)18-9-5-8-17(21-18)19(23)22-12-10-16(11-13-22)14-15-6-3-2-4-7-15/h2-9,16H,10-14H2,1H3. The number of likely N-dealkylation sites (tertiary alicyclic amines) is 1. The minimum atomic E-state index is -0.531. The number of rotatable bonds is 4. The van der Waals surface area contributed by atoms with Crippen molar-refractivity contribution in [2.24, 2.45) is 5.92 Å². The van der Waals surface area contributed by atoms with E-state index in [-0.39, 0.29) is 11.6 Å². The van der Waals surface area contributed by atoms with Crippen LogP contribution < -0.4 is 0 Å². The number of nitrogens with zero attached hydrogens (tertiary/aromatic N) is 2. The molecule has 0 atom stereocenters. The Bertz CT molecular complexity index is 738. The predicted octanol–water partition coefficient (Wildman–Crippen LogP) is 2.96. The summed E-state index contributed by atoms with van der Waals surface area (Å²) >= 11 is 0. The highest BCUT2D eigenvalue weighted by atomic mass is 16.5. The number of piperidine rings is 1. The molecule has 0 spiro atoms. The third kappa shape index (κ3) is 4.24. The zero-order valence-corrected chi connectivity index (χ0v) is 14.4. The Kier molecular flexibility index (Phi) is 5.43. The summed E-state index contributed by atoms with van der Waals surface area (Å²) in [6, 6.07) is 15.3. The lowest BCUT2D eigenvalue weighted by atomic mass is 9.90. The van der Waals surface area contributed by atoms with Crippen molar-refractivity contribution in [3.63, 3.8) is 0 Å². The van der Waals surface area contributed by atoms with Gasteiger partial charge in [-0.15, -0.1) is 0 Å². The average molecular weight is 338 g/mol. The molecule has 25 heavy (non-hydrogen) atoms. The number of pyridine rings is 1. The Morgan fingerprint density at radius 3 is 2.40 bits per heavy atom. The van der Waals surface area contributed by atoms with Crippen LogP contribution in [0.4, 0.5) is 0 Å². The summed E-state index contributed by atoms with van der Waals surface area (Å²) in [7, 11) is 1.30. The van der Waals surface area contributed by atoms with E-state index in [0.717, 1.165) is 32.4 Å². The number of benzene rings is 1. The lowest BCUT2D eigenvalue weighted by Crippen LogP contribution is -2.39. The second-order valence-electron chi connectivity index (χ2n) is 6.32. The highest BCUT2D eigenvalue weighted by Crippen LogP contribution is 2.22. The Labute approximate surface area is 147 Å². The van der Waals surface area contributed by atoms with Gasteiger partial charge in [0.1, 0.15) is 11.4 Å². The van der Waals surface area contributed by atoms with Gasteiger partial charge in [0.2, 0.25) is 0 Å². The van der Waals surface area contributed by atoms with Gasteiger partial charge in [-0.2, -0.15) is 0 Å². The summed E-state index contributed by atoms with van der Waals surface area (Å²) < 4.78 is 4.66. The Balaban J connectivity index is 1.59. The number of amides is 1. The third-order valence-corrected chi connectivity index (χ3v) is 4.63. The first-order valence-corrected chi connectivity index (χ1v) is 8.56. The van der Waals surface area contributed by atoms with Crippen LogP contribution in [0.1, 0.15) is 39.4 Å². The van der Waals surface area contributed by atoms with Gasteiger partial charge in [-0.1, -0.05) is 36.4 Å². The molecule has 1 aliphatic rings. The quantitative estimate of drug-likeness (QED) is 0.804. The van der Waals surface area contributed by atoms with Gasteiger partial charge in [-0.05, 0) is 42.9 Å². The van der Waals surface area contributed by atoms with Gasteiger partial charge in [0, 0.05) is 13.1 Å². The molecule has 2 heterocycles. The van der Waals surface area contributed by atoms with Gasteiger partial charge in [-0.3, -0.25) is 4.79 Å². The first-order valence-electron chi connectivity index (χ1n) is 8.56. The fraction of sp³-hybridized carbons (Fsp3) is 0.350. The van der Waals surface area contributed by atoms with Crippen LogP contribution in [0.5, 0.6) is 0 Å². The molecule has 1 aliphatic heterocycles. The number of hydrogen-bond acceptors (Lipinski definition) is 4. The number of methoxy groups -OCH3 is 1. The van der Waals surface area contributed by atoms with Gasteiger partial charge < -0.3 is 9.64 Å². The molecule has 1 aromatic heterocycles. The number of carbonyl (C=O) groups excluding carboxylic acids is 2. The average Bonchev–Trinajstić information content (AvgIpc) is 2.68. The molecule has 0 N–H and O–H groups in total. The van der Waals surface area contributed by atoms with Gasteiger partial charge in [-0.25, -0.2) is 9.78 Å². The maximum Gasteiger partial charge on any atom is 0.356 e. The second-order valence-corrected chi connectivity index (χ2v) is 6.32. The monoisotopic (exact) mass is 338 g/mol. The summed E-state index contributed by atoms with van der Waals surface area (Å²) in [6.45, 7) is 1.45. The minimum Gasteiger partial charge on any atom is -0.464 e. The van der Waals surface area contributed by atoms with E-state index in [2.05, 4.69) is 34.0 Å². The highest BCUT2D eigenvalue weighted by molar-refractivity contribution is 5.94. The van der Waals surface area contributed by atoms with Crippen LogP contribution in [0.3, 0.4) is 0 Å². The molecule has 0 aliphatic carbocycles. The minimum absolute atomic E-state index is 0.121. The molecule has 130 valence electrons. The molecule has 1 saturated heterocycles. The van der Waals surface area contributed by atoms with Crippen molar-refractivity contribution in [1.82, 2.24) is 9.88 Å². The molecule has 5 heteroatoms. The van der Waals surface area contributed by atoms with E-state index in [9.17, 15) is 9.59 Å². The van der Waals surface area contributed by atoms with Crippen molar-refractivity contribution >= 4 is 11.9 Å². The number of hydrogen-bond donors (Lipinski definition) is 0. The third-order valence-electron chi connectivity index (χ3n) is 4.63. The Morgan fingerprint density at radius 2 is 1.72 bits per heavy atom. The van der Waals surface area contributed by atoms with E-state index in [0.29, 0.717) is 11.6 Å². The smallest absolute Gasteiger partial charge is 0.356 e. The highest BCUT2D eigenvalue weighted by Gasteiger charge is 2.25. The normalized spacial score (nSPS) is 15.0. The summed E-state index contributed by atoms with van der Waals surface area (Å²) in [4.78, 5) is 30.2. The van der Waals surface area contributed by atoms with Gasteiger partial charge in [0.25, 0.3) is 5.91 Å². The molecule has 5 nitrogen and oxygen atoms in total. The summed E-state index contributed by atoms with van der Waals surface area (Å²) in [6.07, 6.45) is 3.02. The summed E-state index contributed by atoms with van der Waals surface area (Å²) in [5.74, 6) is -0.0547. The topological polar surface area (TPSA) is 59.5 Å². The van der Waals surface area contributed by atoms with Crippen LogP contribution in [0.15, 0.2) is 48.5 Å². The summed E-state index contributed by atoms with van der Waals surface area (Å²) in [5, 5.41) is 0. The molecule has 3 rings (SSSR count). The lowest BCUT2D eigenvalue weighted by Gasteiger charge is -2.32. The van der Waals surface area contributed by atoms with E-state index >= 15 is 0 Å². The van der Waals surface area contributed by atoms with E-state index in [4.69, 9.17) is 0 Å². The van der Waals surface area contributed by atoms with E-state index in [1.165, 1.54) is 12.7 Å². The van der Waals surface area contributed by atoms with Crippen LogP contribution in [0, 0.1) is 5.92 Å². The lowest BCUT2D eigenvalue weighted by molar-refractivity contribution is 0.0593. The molecule has 2 aromatic rings. The first-order chi connectivity index (χ1) is 12.2. The second kappa shape index (κ2) is 7.92. The van der Waals surface area contributed by atoms with Crippen molar-refractivity contribution < 1.29 is 14.3 Å². The maximum atomic E-state index is 12.6. The van der Waals surface area contributed by atoms with Crippen LogP contribution in [-0.4, -0.2) is 42.0 Å². The van der Waals surface area contributed by atoms with Crippen LogP contribution in [0.25, 0.3) is 0 Å². The molecule has 0 unspecified atom stereocenters. The van der Waals surface area contributed by atoms with Crippen molar-refractivity contribution in [3.05, 3.63) is 65.5 Å². The van der Waals surface area contributed by atoms with Crippen LogP contribution in [0.2, 0.25) is 0 Å². The predicted molar refractivity (Wildman–Crippen MR) is 94.4 cm³/mol. The fourth-order valence-corrected chi connectivity index (χ4v) is 3.22. The van der Waals surface area contributed by atoms with E-state index in [1.807, 2.05) is 11.0 Å². The number of esters is 1. The molecule has 0 radical (unpaired) electrons. The summed E-state index contributed by atoms with van der Waals surface area (Å²) in [5.41, 5.74) is 1.80. The molecular weight excluding hydrogens is 316 g/mol. The fourth-order valence-electron chi connectivity index (χ4n) is 3.22. The van der Waals surface area contributed by atoms with E-state index in [1.54, 1.807) is 18.2 Å².